The summed E-state index contributed by atoms with van der Waals surface area (Å²) < 4.78 is 4.27. The fraction of sp³-hybridized carbons (Fsp3) is 0.286. The number of benzene rings is 1. The van der Waals surface area contributed by atoms with Crippen LogP contribution in [0.4, 0.5) is 17.2 Å². The summed E-state index contributed by atoms with van der Waals surface area (Å²) >= 11 is 0. The van der Waals surface area contributed by atoms with E-state index in [9.17, 15) is 9.59 Å². The van der Waals surface area contributed by atoms with Crippen LogP contribution in [0.3, 0.4) is 0 Å². The van der Waals surface area contributed by atoms with Crippen LogP contribution in [0.1, 0.15) is 23.7 Å². The minimum Gasteiger partial charge on any atom is -0.353 e. The van der Waals surface area contributed by atoms with Gasteiger partial charge in [-0.3, -0.25) is 9.59 Å². The van der Waals surface area contributed by atoms with Gasteiger partial charge in [0.2, 0.25) is 0 Å². The highest BCUT2D eigenvalue weighted by molar-refractivity contribution is 6.56. The summed E-state index contributed by atoms with van der Waals surface area (Å²) in [7, 11) is 0. The van der Waals surface area contributed by atoms with Crippen molar-refractivity contribution >= 4 is 40.7 Å². The van der Waals surface area contributed by atoms with Crippen molar-refractivity contribution in [1.82, 2.24) is 14.6 Å². The van der Waals surface area contributed by atoms with Gasteiger partial charge in [0, 0.05) is 44.4 Å². The van der Waals surface area contributed by atoms with Crippen LogP contribution in [-0.2, 0) is 4.79 Å². The molecule has 2 amide bonds. The van der Waals surface area contributed by atoms with E-state index in [-0.39, 0.29) is 11.8 Å². The van der Waals surface area contributed by atoms with Crippen LogP contribution in [0.5, 0.6) is 0 Å². The van der Waals surface area contributed by atoms with Gasteiger partial charge in [0.05, 0.1) is 5.69 Å². The minimum absolute atomic E-state index is 0.0227. The molecule has 0 aliphatic carbocycles. The molecule has 2 aromatic rings. The number of anilines is 3. The molecule has 1 fully saturated rings. The number of piperazine rings is 1. The van der Waals surface area contributed by atoms with E-state index in [4.69, 9.17) is 0 Å². The minimum atomic E-state index is -0.233. The van der Waals surface area contributed by atoms with Gasteiger partial charge in [-0.25, -0.2) is 9.65 Å². The number of hydrogen-bond donors (Lipinski definition) is 1. The fourth-order valence-electron chi connectivity index (χ4n) is 3.95. The number of aromatic nitrogens is 1. The fourth-order valence-corrected chi connectivity index (χ4v) is 3.95. The largest absolute Gasteiger partial charge is 0.389 e. The first-order valence-corrected chi connectivity index (χ1v) is 9.81. The Hall–Kier alpha value is -3.64. The second-order valence-corrected chi connectivity index (χ2v) is 7.19. The molecule has 0 radical (unpaired) electrons. The molecule has 0 atom stereocenters. The van der Waals surface area contributed by atoms with Gasteiger partial charge in [-0.1, -0.05) is 13.0 Å². The maximum absolute atomic E-state index is 13.0. The van der Waals surface area contributed by atoms with Crippen molar-refractivity contribution in [2.45, 2.75) is 13.3 Å². The second-order valence-electron chi connectivity index (χ2n) is 7.19. The monoisotopic (exact) mass is 389 g/mol. The van der Waals surface area contributed by atoms with E-state index in [1.807, 2.05) is 47.1 Å². The Morgan fingerprint density at radius 2 is 2.00 bits per heavy atom. The highest BCUT2D eigenvalue weighted by atomic mass is 16.2. The first-order chi connectivity index (χ1) is 14.2. The third kappa shape index (κ3) is 2.85. The highest BCUT2D eigenvalue weighted by Crippen LogP contribution is 2.33. The lowest BCUT2D eigenvalue weighted by Crippen LogP contribution is -2.56. The van der Waals surface area contributed by atoms with Gasteiger partial charge in [0.1, 0.15) is 11.5 Å². The van der Waals surface area contributed by atoms with Crippen molar-refractivity contribution in [3.8, 4) is 0 Å². The van der Waals surface area contributed by atoms with Crippen LogP contribution in [0, 0.1) is 0 Å². The number of nitrogens with zero attached hydrogens (tertiary/aromatic N) is 5. The third-order valence-electron chi connectivity index (χ3n) is 5.50. The predicted octanol–water partition coefficient (Wildman–Crippen LogP) is 1.09. The smallest absolute Gasteiger partial charge is 0.353 e. The lowest BCUT2D eigenvalue weighted by Gasteiger charge is -2.35. The Morgan fingerprint density at radius 3 is 2.72 bits per heavy atom. The first kappa shape index (κ1) is 17.5. The Kier molecular flexibility index (Phi) is 4.07. The van der Waals surface area contributed by atoms with Crippen molar-refractivity contribution in [1.29, 1.82) is 0 Å². The molecule has 1 aromatic heterocycles. The van der Waals surface area contributed by atoms with Gasteiger partial charge in [0.15, 0.2) is 0 Å². The molecule has 0 spiro atoms. The van der Waals surface area contributed by atoms with E-state index >= 15 is 0 Å². The van der Waals surface area contributed by atoms with Crippen LogP contribution in [0.2, 0.25) is 0 Å². The number of fused-ring (bicyclic) bond motifs is 3. The molecule has 8 heteroatoms. The quantitative estimate of drug-likeness (QED) is 0.795. The maximum atomic E-state index is 13.0. The summed E-state index contributed by atoms with van der Waals surface area (Å²) in [5, 5.41) is 2.85. The second kappa shape index (κ2) is 6.76. The molecule has 29 heavy (non-hydrogen) atoms. The highest BCUT2D eigenvalue weighted by Gasteiger charge is 2.45. The summed E-state index contributed by atoms with van der Waals surface area (Å²) in [4.78, 5) is 35.5. The van der Waals surface area contributed by atoms with Crippen LogP contribution < -0.4 is 19.8 Å². The number of amides is 2. The molecular weight excluding hydrogens is 368 g/mol. The van der Waals surface area contributed by atoms with Crippen LogP contribution in [-0.4, -0.2) is 59.5 Å². The van der Waals surface area contributed by atoms with Gasteiger partial charge in [-0.2, -0.15) is 4.90 Å². The summed E-state index contributed by atoms with van der Waals surface area (Å²) in [6, 6.07) is 11.3. The number of rotatable bonds is 3. The van der Waals surface area contributed by atoms with Crippen LogP contribution in [0.25, 0.3) is 0 Å². The Labute approximate surface area is 168 Å². The molecular formula is C21H21N6O2+. The molecule has 5 rings (SSSR count). The predicted molar refractivity (Wildman–Crippen MR) is 112 cm³/mol. The topological polar surface area (TPSA) is 82.9 Å². The Morgan fingerprint density at radius 1 is 1.17 bits per heavy atom. The zero-order valence-corrected chi connectivity index (χ0v) is 16.1. The van der Waals surface area contributed by atoms with Crippen molar-refractivity contribution in [3.05, 3.63) is 48.2 Å². The van der Waals surface area contributed by atoms with E-state index in [0.29, 0.717) is 30.2 Å². The summed E-state index contributed by atoms with van der Waals surface area (Å²) in [6.07, 6.45) is 2.53. The van der Waals surface area contributed by atoms with Crippen molar-refractivity contribution in [2.24, 2.45) is 0 Å². The molecule has 0 saturated carbocycles. The maximum Gasteiger partial charge on any atom is 0.389 e. The lowest BCUT2D eigenvalue weighted by molar-refractivity contribution is -0.110. The van der Waals surface area contributed by atoms with E-state index in [1.165, 1.54) is 0 Å². The average Bonchev–Trinajstić information content (AvgIpc) is 2.74. The van der Waals surface area contributed by atoms with E-state index in [2.05, 4.69) is 19.9 Å². The summed E-state index contributed by atoms with van der Waals surface area (Å²) in [6.45, 7) is 4.76. The van der Waals surface area contributed by atoms with Crippen molar-refractivity contribution < 1.29 is 9.59 Å². The van der Waals surface area contributed by atoms with Gasteiger partial charge in [-0.15, -0.1) is 0 Å². The summed E-state index contributed by atoms with van der Waals surface area (Å²) in [5.41, 5.74) is 2.09. The van der Waals surface area contributed by atoms with E-state index < -0.39 is 0 Å². The number of carbonyl (C=O) groups excluding carboxylic acids is 2. The van der Waals surface area contributed by atoms with Crippen LogP contribution in [0.15, 0.2) is 42.6 Å². The SMILES string of the molecule is CCC1=[N+]=C2C(=O)Nc3cc(C(=O)N4CCN(c5ccccn5)CC4)ccc3N12. The normalized spacial score (nSPS) is 17.6. The number of pyridine rings is 1. The van der Waals surface area contributed by atoms with Gasteiger partial charge >= 0.3 is 17.6 Å². The average molecular weight is 389 g/mol. The van der Waals surface area contributed by atoms with Gasteiger partial charge in [-0.05, 0) is 30.3 Å². The van der Waals surface area contributed by atoms with Crippen LogP contribution >= 0.6 is 0 Å². The van der Waals surface area contributed by atoms with E-state index in [1.54, 1.807) is 12.3 Å². The first-order valence-electron chi connectivity index (χ1n) is 9.81. The molecule has 3 aliphatic heterocycles. The van der Waals surface area contributed by atoms with E-state index in [0.717, 1.165) is 36.9 Å². The summed E-state index contributed by atoms with van der Waals surface area (Å²) in [5.74, 6) is 1.96. The Balaban J connectivity index is 1.32. The molecule has 3 aliphatic rings. The van der Waals surface area contributed by atoms with Crippen molar-refractivity contribution in [2.75, 3.05) is 41.3 Å². The molecule has 1 saturated heterocycles. The third-order valence-corrected chi connectivity index (χ3v) is 5.50. The number of hydrogen-bond acceptors (Lipinski definition) is 5. The molecule has 1 N–H and O–H groups in total. The molecule has 0 unspecified atom stereocenters. The number of amidine groups is 2. The lowest BCUT2D eigenvalue weighted by atomic mass is 10.1. The standard InChI is InChI=1S/C21H20N6O2/c1-2-17-24-19-20(28)23-15-13-14(6-7-16(15)27(17)19)21(29)26-11-9-25(10-12-26)18-5-3-4-8-22-18/h3-8,13H,2,9-12H2,1H3/p+1. The number of nitrogens with one attached hydrogen (secondary N) is 1. The van der Waals surface area contributed by atoms with Gasteiger partial charge in [0.25, 0.3) is 5.91 Å². The molecule has 4 heterocycles. The number of carbonyl (C=O) groups is 2. The van der Waals surface area contributed by atoms with Crippen molar-refractivity contribution in [3.63, 3.8) is 0 Å². The Bertz CT molecular complexity index is 1070. The molecule has 8 nitrogen and oxygen atoms in total. The zero-order valence-electron chi connectivity index (χ0n) is 16.1. The van der Waals surface area contributed by atoms with Gasteiger partial charge < -0.3 is 15.1 Å². The molecule has 0 bridgehead atoms. The zero-order chi connectivity index (χ0) is 20.0. The molecule has 1 aromatic carbocycles. The molecule has 146 valence electrons.